The molecule has 0 spiro atoms. The molecule has 0 rings (SSSR count). The summed E-state index contributed by atoms with van der Waals surface area (Å²) in [5, 5.41) is 2.67. The summed E-state index contributed by atoms with van der Waals surface area (Å²) in [4.78, 5) is 0. The highest BCUT2D eigenvalue weighted by molar-refractivity contribution is 7.90. The van der Waals surface area contributed by atoms with Crippen LogP contribution >= 0.6 is 0 Å². The Kier molecular flexibility index (Phi) is 1.89. The quantitative estimate of drug-likeness (QED) is 0.524. The first kappa shape index (κ1) is 6.55. The van der Waals surface area contributed by atoms with Crippen LogP contribution in [0.3, 0.4) is 0 Å². The molecule has 0 aromatic carbocycles. The monoisotopic (exact) mass is 122 g/mol. The first-order valence-corrected chi connectivity index (χ1v) is 3.63. The number of nitrogens with one attached hydrogen (secondary N) is 1. The van der Waals surface area contributed by atoms with Gasteiger partial charge in [0.05, 0.1) is 0 Å². The second-order valence-electron chi connectivity index (χ2n) is 1.21. The minimum atomic E-state index is -3.03. The van der Waals surface area contributed by atoms with Gasteiger partial charge in [0.25, 0.3) is 0 Å². The fraction of sp³-hybridized carbons (Fsp3) is 1.00. The Bertz CT molecular complexity index is 147. The molecule has 4 nitrogen and oxygen atoms in total. The molecule has 7 heavy (non-hydrogen) atoms. The average Bonchev–Trinajstić information content (AvgIpc) is 1.30. The Morgan fingerprint density at radius 3 is 2.14 bits per heavy atom. The largest absolute Gasteiger partial charge is 0.227 e. The molecule has 0 saturated carbocycles. The second-order valence-corrected chi connectivity index (χ2v) is 3.32. The third-order valence-electron chi connectivity index (χ3n) is 0.299. The van der Waals surface area contributed by atoms with Gasteiger partial charge in [0.1, 0.15) is 0 Å². The van der Waals surface area contributed by atoms with Gasteiger partial charge in [-0.05, 0) is 0 Å². The second kappa shape index (κ2) is 2.02. The van der Waals surface area contributed by atoms with Crippen molar-refractivity contribution < 1.29 is 8.42 Å². The summed E-state index contributed by atoms with van der Waals surface area (Å²) in [6.45, 7) is 0. The summed E-state index contributed by atoms with van der Waals surface area (Å²) in [6.07, 6.45) is 1.03. The molecular formula is C2H6N2O2S. The summed E-state index contributed by atoms with van der Waals surface area (Å²) in [5.74, 6) is -0.396. The van der Waals surface area contributed by atoms with Crippen LogP contribution in [0.2, 0.25) is 0 Å². The Morgan fingerprint density at radius 2 is 2.14 bits per heavy atom. The van der Waals surface area contributed by atoms with Crippen LogP contribution in [0.4, 0.5) is 0 Å². The molecule has 0 aromatic heterocycles. The maximum Gasteiger partial charge on any atom is 0.169 e. The lowest BCUT2D eigenvalue weighted by molar-refractivity contribution is 0.600. The molecule has 42 valence electrons. The summed E-state index contributed by atoms with van der Waals surface area (Å²) < 4.78 is 20.0. The molecule has 0 aliphatic heterocycles. The Balaban J connectivity index is 3.84. The zero-order valence-electron chi connectivity index (χ0n) is 3.88. The Hall–Kier alpha value is -0.450. The van der Waals surface area contributed by atoms with Crippen molar-refractivity contribution in [1.82, 2.24) is 0 Å². The van der Waals surface area contributed by atoms with E-state index in [0.717, 1.165) is 6.26 Å². The van der Waals surface area contributed by atoms with Gasteiger partial charge in [-0.1, -0.05) is 0 Å². The molecule has 0 heterocycles. The van der Waals surface area contributed by atoms with E-state index in [0.29, 0.717) is 0 Å². The van der Waals surface area contributed by atoms with Crippen LogP contribution in [-0.2, 0) is 9.84 Å². The molecule has 5 heteroatoms. The van der Waals surface area contributed by atoms with Crippen molar-refractivity contribution in [2.45, 2.75) is 0 Å². The molecule has 0 radical (unpaired) electrons. The Labute approximate surface area is 42.0 Å². The molecule has 0 aliphatic carbocycles. The summed E-state index contributed by atoms with van der Waals surface area (Å²) in [7, 11) is -3.03. The highest BCUT2D eigenvalue weighted by atomic mass is 32.2. The van der Waals surface area contributed by atoms with Crippen LogP contribution in [0.5, 0.6) is 0 Å². The van der Waals surface area contributed by atoms with Crippen LogP contribution in [0.1, 0.15) is 0 Å². The lowest BCUT2D eigenvalue weighted by Gasteiger charge is -1.82. The van der Waals surface area contributed by atoms with Crippen molar-refractivity contribution >= 4 is 9.84 Å². The van der Waals surface area contributed by atoms with E-state index in [1.807, 2.05) is 0 Å². The highest BCUT2D eigenvalue weighted by Gasteiger charge is 1.95. The highest BCUT2D eigenvalue weighted by Crippen LogP contribution is 1.79. The van der Waals surface area contributed by atoms with Crippen molar-refractivity contribution in [3.8, 4) is 0 Å². The maximum atomic E-state index is 10.0. The predicted molar refractivity (Wildman–Crippen MR) is 24.9 cm³/mol. The topological polar surface area (TPSA) is 70.3 Å². The first-order valence-electron chi connectivity index (χ1n) is 1.57. The lowest BCUT2D eigenvalue weighted by Crippen LogP contribution is -1.97. The molecule has 0 aliphatic rings. The fourth-order valence-corrected chi connectivity index (χ4v) is 0.352. The van der Waals surface area contributed by atoms with Crippen LogP contribution in [-0.4, -0.2) is 20.6 Å². The standard InChI is InChI=1S/C2H6N2O2S/c1-7(5,6)2-4-3/h3H,2H2,1H3. The van der Waals surface area contributed by atoms with Gasteiger partial charge in [0, 0.05) is 6.26 Å². The van der Waals surface area contributed by atoms with Crippen LogP contribution in [0.25, 0.3) is 0 Å². The third kappa shape index (κ3) is 5.55. The van der Waals surface area contributed by atoms with Crippen LogP contribution in [0.15, 0.2) is 5.11 Å². The van der Waals surface area contributed by atoms with Crippen molar-refractivity contribution in [3.63, 3.8) is 0 Å². The van der Waals surface area contributed by atoms with Crippen LogP contribution < -0.4 is 0 Å². The predicted octanol–water partition coefficient (Wildman–Crippen LogP) is 0.0195. The number of nitrogens with zero attached hydrogens (tertiary/aromatic N) is 1. The van der Waals surface area contributed by atoms with E-state index in [1.54, 1.807) is 0 Å². The molecule has 0 amide bonds. The zero-order chi connectivity index (χ0) is 5.91. The van der Waals surface area contributed by atoms with E-state index >= 15 is 0 Å². The number of rotatable bonds is 2. The molecule has 0 aromatic rings. The third-order valence-corrected chi connectivity index (χ3v) is 0.897. The molecular weight excluding hydrogens is 116 g/mol. The van der Waals surface area contributed by atoms with Crippen molar-refractivity contribution in [3.05, 3.63) is 0 Å². The van der Waals surface area contributed by atoms with E-state index in [-0.39, 0.29) is 0 Å². The van der Waals surface area contributed by atoms with Crippen molar-refractivity contribution in [1.29, 1.82) is 5.53 Å². The van der Waals surface area contributed by atoms with Gasteiger partial charge in [0.15, 0.2) is 15.7 Å². The van der Waals surface area contributed by atoms with Crippen molar-refractivity contribution in [2.75, 3.05) is 12.1 Å². The Morgan fingerprint density at radius 1 is 1.71 bits per heavy atom. The molecule has 0 unspecified atom stereocenters. The van der Waals surface area contributed by atoms with E-state index in [9.17, 15) is 8.42 Å². The average molecular weight is 122 g/mol. The van der Waals surface area contributed by atoms with E-state index < -0.39 is 15.7 Å². The number of hydrogen-bond acceptors (Lipinski definition) is 4. The lowest BCUT2D eigenvalue weighted by atomic mass is 11.5. The SMILES string of the molecule is CS(=O)(=O)CN=N. The molecule has 0 saturated heterocycles. The van der Waals surface area contributed by atoms with E-state index in [4.69, 9.17) is 5.53 Å². The van der Waals surface area contributed by atoms with Gasteiger partial charge in [0.2, 0.25) is 0 Å². The molecule has 0 atom stereocenters. The van der Waals surface area contributed by atoms with Gasteiger partial charge in [-0.15, -0.1) is 0 Å². The zero-order valence-corrected chi connectivity index (χ0v) is 4.70. The van der Waals surface area contributed by atoms with Gasteiger partial charge >= 0.3 is 0 Å². The first-order chi connectivity index (χ1) is 3.06. The molecule has 0 fully saturated rings. The van der Waals surface area contributed by atoms with Gasteiger partial charge in [-0.25, -0.2) is 13.9 Å². The minimum Gasteiger partial charge on any atom is -0.227 e. The fourth-order valence-electron chi connectivity index (χ4n) is 0.117. The summed E-state index contributed by atoms with van der Waals surface area (Å²) in [6, 6.07) is 0. The van der Waals surface area contributed by atoms with Crippen molar-refractivity contribution in [2.24, 2.45) is 5.11 Å². The normalized spacial score (nSPS) is 11.0. The summed E-state index contributed by atoms with van der Waals surface area (Å²) in [5.41, 5.74) is 6.10. The smallest absolute Gasteiger partial charge is 0.169 e. The van der Waals surface area contributed by atoms with Crippen LogP contribution in [0, 0.1) is 5.53 Å². The molecule has 1 N–H and O–H groups in total. The number of sulfone groups is 1. The van der Waals surface area contributed by atoms with Gasteiger partial charge in [-0.2, -0.15) is 5.11 Å². The van der Waals surface area contributed by atoms with E-state index in [1.165, 1.54) is 0 Å². The van der Waals surface area contributed by atoms with Gasteiger partial charge in [-0.3, -0.25) is 0 Å². The number of hydrogen-bond donors (Lipinski definition) is 1. The minimum absolute atomic E-state index is 0.396. The van der Waals surface area contributed by atoms with E-state index in [2.05, 4.69) is 5.11 Å². The van der Waals surface area contributed by atoms with Gasteiger partial charge < -0.3 is 0 Å². The molecule has 0 bridgehead atoms. The maximum absolute atomic E-state index is 10.0. The summed E-state index contributed by atoms with van der Waals surface area (Å²) >= 11 is 0.